The molecule has 1 aromatic carbocycles. The number of hydrogen-bond acceptors (Lipinski definition) is 4. The van der Waals surface area contributed by atoms with Crippen LogP contribution in [-0.2, 0) is 10.3 Å². The molecule has 0 fully saturated rings. The Kier molecular flexibility index (Phi) is 7.24. The van der Waals surface area contributed by atoms with Crippen LogP contribution in [0.5, 0.6) is 0 Å². The number of hydrogen-bond donors (Lipinski definition) is 1. The van der Waals surface area contributed by atoms with E-state index in [4.69, 9.17) is 4.74 Å². The van der Waals surface area contributed by atoms with Gasteiger partial charge in [-0.25, -0.2) is 0 Å². The molecule has 1 aromatic rings. The van der Waals surface area contributed by atoms with Gasteiger partial charge in [0.25, 0.3) is 0 Å². The average Bonchev–Trinajstić information content (AvgIpc) is 2.50. The largest absolute Gasteiger partial charge is 0.380 e. The lowest BCUT2D eigenvalue weighted by Gasteiger charge is -2.29. The summed E-state index contributed by atoms with van der Waals surface area (Å²) in [6.45, 7) is 5.20. The van der Waals surface area contributed by atoms with Gasteiger partial charge >= 0.3 is 0 Å². The predicted octanol–water partition coefficient (Wildman–Crippen LogP) is 1.98. The molecule has 0 saturated carbocycles. The zero-order chi connectivity index (χ0) is 14.8. The van der Waals surface area contributed by atoms with E-state index < -0.39 is 5.54 Å². The number of nitrogens with zero attached hydrogens (tertiary/aromatic N) is 2. The molecule has 0 radical (unpaired) electrons. The van der Waals surface area contributed by atoms with Gasteiger partial charge < -0.3 is 9.64 Å². The quantitative estimate of drug-likeness (QED) is 0.700. The molecule has 0 aromatic heterocycles. The third-order valence-corrected chi connectivity index (χ3v) is 3.57. The first kappa shape index (κ1) is 16.6. The number of nitriles is 1. The zero-order valence-electron chi connectivity index (χ0n) is 12.7. The monoisotopic (exact) mass is 275 g/mol. The molecule has 0 aliphatic heterocycles. The number of benzene rings is 1. The molecule has 0 aliphatic rings. The second kappa shape index (κ2) is 8.70. The lowest BCUT2D eigenvalue weighted by molar-refractivity contribution is 0.119. The Bertz CT molecular complexity index is 415. The van der Waals surface area contributed by atoms with E-state index in [2.05, 4.69) is 23.3 Å². The third kappa shape index (κ3) is 4.61. The summed E-state index contributed by atoms with van der Waals surface area (Å²) in [5.41, 5.74) is 0.393. The fourth-order valence-electron chi connectivity index (χ4n) is 2.15. The molecule has 110 valence electrons. The molecular weight excluding hydrogens is 250 g/mol. The van der Waals surface area contributed by atoms with Crippen LogP contribution in [0.2, 0.25) is 0 Å². The standard InChI is InChI=1S/C16H25N3O/c1-4-20-13-12-19(3)11-10-16(14-17,18-2)15-8-6-5-7-9-15/h5-9,18H,4,10-13H2,1-3H3. The van der Waals surface area contributed by atoms with E-state index >= 15 is 0 Å². The van der Waals surface area contributed by atoms with E-state index in [0.29, 0.717) is 0 Å². The average molecular weight is 275 g/mol. The van der Waals surface area contributed by atoms with Crippen LogP contribution in [0.15, 0.2) is 30.3 Å². The Hall–Kier alpha value is -1.41. The van der Waals surface area contributed by atoms with Crippen molar-refractivity contribution in [3.05, 3.63) is 35.9 Å². The molecule has 0 spiro atoms. The second-order valence-electron chi connectivity index (χ2n) is 4.88. The van der Waals surface area contributed by atoms with Crippen LogP contribution < -0.4 is 5.32 Å². The van der Waals surface area contributed by atoms with Gasteiger partial charge in [0.1, 0.15) is 5.54 Å². The van der Waals surface area contributed by atoms with Crippen LogP contribution in [0.3, 0.4) is 0 Å². The maximum Gasteiger partial charge on any atom is 0.133 e. The Morgan fingerprint density at radius 3 is 2.55 bits per heavy atom. The summed E-state index contributed by atoms with van der Waals surface area (Å²) in [7, 11) is 3.90. The SMILES string of the molecule is CCOCCN(C)CCC(C#N)(NC)c1ccccc1. The fourth-order valence-corrected chi connectivity index (χ4v) is 2.15. The lowest BCUT2D eigenvalue weighted by Crippen LogP contribution is -2.41. The minimum atomic E-state index is -0.624. The molecule has 0 saturated heterocycles. The summed E-state index contributed by atoms with van der Waals surface area (Å²) in [6.07, 6.45) is 0.743. The maximum atomic E-state index is 9.60. The summed E-state index contributed by atoms with van der Waals surface area (Å²) in [4.78, 5) is 2.20. The number of nitrogens with one attached hydrogen (secondary N) is 1. The lowest BCUT2D eigenvalue weighted by atomic mass is 9.88. The molecule has 4 nitrogen and oxygen atoms in total. The molecule has 0 aliphatic carbocycles. The first-order chi connectivity index (χ1) is 9.68. The van der Waals surface area contributed by atoms with E-state index in [1.807, 2.05) is 44.3 Å². The summed E-state index contributed by atoms with van der Waals surface area (Å²) < 4.78 is 5.35. The molecule has 0 amide bonds. The molecule has 4 heteroatoms. The fraction of sp³-hybridized carbons (Fsp3) is 0.562. The normalized spacial score (nSPS) is 13.9. The summed E-state index contributed by atoms with van der Waals surface area (Å²) in [5, 5.41) is 12.8. The number of ether oxygens (including phenoxy) is 1. The Balaban J connectivity index is 2.62. The third-order valence-electron chi connectivity index (χ3n) is 3.57. The summed E-state index contributed by atoms with van der Waals surface area (Å²) in [6, 6.07) is 12.3. The van der Waals surface area contributed by atoms with Gasteiger partial charge in [-0.1, -0.05) is 30.3 Å². The molecular formula is C16H25N3O. The van der Waals surface area contributed by atoms with Crippen molar-refractivity contribution in [3.8, 4) is 6.07 Å². The van der Waals surface area contributed by atoms with Crippen LogP contribution in [0.1, 0.15) is 18.9 Å². The summed E-state index contributed by atoms with van der Waals surface area (Å²) in [5.74, 6) is 0. The van der Waals surface area contributed by atoms with Gasteiger partial charge in [0, 0.05) is 19.7 Å². The molecule has 1 atom stereocenters. The Labute approximate surface area is 122 Å². The highest BCUT2D eigenvalue weighted by molar-refractivity contribution is 5.31. The van der Waals surface area contributed by atoms with E-state index in [0.717, 1.165) is 38.3 Å². The van der Waals surface area contributed by atoms with Crippen molar-refractivity contribution in [2.45, 2.75) is 18.9 Å². The van der Waals surface area contributed by atoms with Gasteiger partial charge in [-0.15, -0.1) is 0 Å². The Morgan fingerprint density at radius 1 is 1.30 bits per heavy atom. The van der Waals surface area contributed by atoms with Crippen LogP contribution >= 0.6 is 0 Å². The summed E-state index contributed by atoms with van der Waals surface area (Å²) >= 11 is 0. The first-order valence-corrected chi connectivity index (χ1v) is 7.10. The van der Waals surface area contributed by atoms with Crippen LogP contribution in [0.25, 0.3) is 0 Å². The minimum Gasteiger partial charge on any atom is -0.380 e. The van der Waals surface area contributed by atoms with Crippen molar-refractivity contribution in [2.75, 3.05) is 40.4 Å². The van der Waals surface area contributed by atoms with Crippen molar-refractivity contribution in [1.82, 2.24) is 10.2 Å². The molecule has 1 rings (SSSR count). The highest BCUT2D eigenvalue weighted by Gasteiger charge is 2.30. The smallest absolute Gasteiger partial charge is 0.133 e. The van der Waals surface area contributed by atoms with Crippen molar-refractivity contribution in [3.63, 3.8) is 0 Å². The van der Waals surface area contributed by atoms with Gasteiger partial charge in [0.2, 0.25) is 0 Å². The van der Waals surface area contributed by atoms with Crippen LogP contribution in [0, 0.1) is 11.3 Å². The van der Waals surface area contributed by atoms with Crippen LogP contribution in [0.4, 0.5) is 0 Å². The van der Waals surface area contributed by atoms with Crippen molar-refractivity contribution in [2.24, 2.45) is 0 Å². The first-order valence-electron chi connectivity index (χ1n) is 7.10. The highest BCUT2D eigenvalue weighted by Crippen LogP contribution is 2.24. The second-order valence-corrected chi connectivity index (χ2v) is 4.88. The zero-order valence-corrected chi connectivity index (χ0v) is 12.7. The van der Waals surface area contributed by atoms with E-state index in [9.17, 15) is 5.26 Å². The maximum absolute atomic E-state index is 9.60. The van der Waals surface area contributed by atoms with E-state index in [1.54, 1.807) is 0 Å². The van der Waals surface area contributed by atoms with E-state index in [-0.39, 0.29) is 0 Å². The minimum absolute atomic E-state index is 0.624. The molecule has 0 bridgehead atoms. The highest BCUT2D eigenvalue weighted by atomic mass is 16.5. The van der Waals surface area contributed by atoms with Gasteiger partial charge in [0.05, 0.1) is 12.7 Å². The van der Waals surface area contributed by atoms with E-state index in [1.165, 1.54) is 0 Å². The van der Waals surface area contributed by atoms with Gasteiger partial charge in [-0.2, -0.15) is 5.26 Å². The molecule has 1 unspecified atom stereocenters. The van der Waals surface area contributed by atoms with Gasteiger partial charge in [-0.3, -0.25) is 5.32 Å². The van der Waals surface area contributed by atoms with Crippen molar-refractivity contribution >= 4 is 0 Å². The van der Waals surface area contributed by atoms with Crippen molar-refractivity contribution in [1.29, 1.82) is 5.26 Å². The number of likely N-dealkylation sites (N-methyl/N-ethyl adjacent to an activating group) is 1. The van der Waals surface area contributed by atoms with Crippen molar-refractivity contribution < 1.29 is 4.74 Å². The molecule has 20 heavy (non-hydrogen) atoms. The Morgan fingerprint density at radius 2 is 2.00 bits per heavy atom. The predicted molar refractivity (Wildman–Crippen MR) is 81.4 cm³/mol. The van der Waals surface area contributed by atoms with Gasteiger partial charge in [-0.05, 0) is 33.0 Å². The van der Waals surface area contributed by atoms with Crippen LogP contribution in [-0.4, -0.2) is 45.3 Å². The molecule has 0 heterocycles. The molecule has 1 N–H and O–H groups in total. The topological polar surface area (TPSA) is 48.3 Å². The number of rotatable bonds is 9. The van der Waals surface area contributed by atoms with Gasteiger partial charge in [0.15, 0.2) is 0 Å².